The molecule has 1 N–H and O–H groups in total. The van der Waals surface area contributed by atoms with Crippen LogP contribution in [-0.4, -0.2) is 14.9 Å². The summed E-state index contributed by atoms with van der Waals surface area (Å²) in [5.74, 6) is 1.80. The van der Waals surface area contributed by atoms with Crippen LogP contribution in [0.3, 0.4) is 0 Å². The lowest BCUT2D eigenvalue weighted by Crippen LogP contribution is -2.25. The highest BCUT2D eigenvalue weighted by atomic mass is 15.5. The van der Waals surface area contributed by atoms with Crippen LogP contribution in [0.2, 0.25) is 0 Å². The molecule has 0 spiro atoms. The predicted molar refractivity (Wildman–Crippen MR) is 58.0 cm³/mol. The monoisotopic (exact) mass is 200 g/mol. The fraction of sp³-hybridized carbons (Fsp3) is 0.273. The second kappa shape index (κ2) is 2.82. The Bertz CT molecular complexity index is 515. The number of hydrogen-bond acceptors (Lipinski definition) is 3. The Morgan fingerprint density at radius 1 is 1.27 bits per heavy atom. The van der Waals surface area contributed by atoms with E-state index in [1.54, 1.807) is 0 Å². The average molecular weight is 200 g/mol. The van der Waals surface area contributed by atoms with Crippen molar-refractivity contribution in [3.05, 3.63) is 35.7 Å². The summed E-state index contributed by atoms with van der Waals surface area (Å²) >= 11 is 0. The van der Waals surface area contributed by atoms with Gasteiger partial charge in [-0.3, -0.25) is 0 Å². The van der Waals surface area contributed by atoms with Crippen LogP contribution < -0.4 is 5.43 Å². The summed E-state index contributed by atoms with van der Waals surface area (Å²) < 4.78 is 1.95. The number of aryl methyl sites for hydroxylation is 1. The Labute approximate surface area is 87.9 Å². The van der Waals surface area contributed by atoms with E-state index in [0.29, 0.717) is 6.04 Å². The Kier molecular flexibility index (Phi) is 1.59. The van der Waals surface area contributed by atoms with E-state index in [1.165, 1.54) is 11.1 Å². The molecule has 0 saturated carbocycles. The molecule has 1 aliphatic heterocycles. The van der Waals surface area contributed by atoms with Crippen LogP contribution in [-0.2, 0) is 0 Å². The smallest absolute Gasteiger partial charge is 0.183 e. The first kappa shape index (κ1) is 8.47. The first-order valence-corrected chi connectivity index (χ1v) is 5.05. The van der Waals surface area contributed by atoms with Gasteiger partial charge in [0.2, 0.25) is 0 Å². The second-order valence-electron chi connectivity index (χ2n) is 3.84. The SMILES string of the molecule is Cc1nnc2n1NC(C)c1ccccc1-2. The summed E-state index contributed by atoms with van der Waals surface area (Å²) in [7, 11) is 0. The summed E-state index contributed by atoms with van der Waals surface area (Å²) in [6.07, 6.45) is 0. The Morgan fingerprint density at radius 3 is 2.93 bits per heavy atom. The second-order valence-corrected chi connectivity index (χ2v) is 3.84. The number of rotatable bonds is 0. The van der Waals surface area contributed by atoms with E-state index in [-0.39, 0.29) is 0 Å². The van der Waals surface area contributed by atoms with Crippen LogP contribution in [0.25, 0.3) is 11.4 Å². The van der Waals surface area contributed by atoms with Crippen molar-refractivity contribution < 1.29 is 0 Å². The van der Waals surface area contributed by atoms with Crippen molar-refractivity contribution in [3.8, 4) is 11.4 Å². The molecule has 3 rings (SSSR count). The summed E-state index contributed by atoms with van der Waals surface area (Å²) in [6.45, 7) is 4.09. The van der Waals surface area contributed by atoms with E-state index in [4.69, 9.17) is 0 Å². The lowest BCUT2D eigenvalue weighted by molar-refractivity contribution is 0.692. The molecule has 1 aromatic carbocycles. The highest BCUT2D eigenvalue weighted by Crippen LogP contribution is 2.31. The number of hydrogen-bond donors (Lipinski definition) is 1. The highest BCUT2D eigenvalue weighted by Gasteiger charge is 2.23. The molecule has 0 radical (unpaired) electrons. The van der Waals surface area contributed by atoms with Crippen LogP contribution in [0, 0.1) is 6.92 Å². The zero-order chi connectivity index (χ0) is 10.4. The van der Waals surface area contributed by atoms with Gasteiger partial charge in [0.1, 0.15) is 5.82 Å². The van der Waals surface area contributed by atoms with Gasteiger partial charge in [-0.2, -0.15) is 0 Å². The van der Waals surface area contributed by atoms with Crippen LogP contribution in [0.1, 0.15) is 24.4 Å². The summed E-state index contributed by atoms with van der Waals surface area (Å²) in [4.78, 5) is 0. The number of fused-ring (bicyclic) bond motifs is 3. The van der Waals surface area contributed by atoms with Crippen molar-refractivity contribution in [2.75, 3.05) is 5.43 Å². The van der Waals surface area contributed by atoms with Crippen LogP contribution >= 0.6 is 0 Å². The highest BCUT2D eigenvalue weighted by molar-refractivity contribution is 5.64. The third-order valence-corrected chi connectivity index (χ3v) is 2.82. The van der Waals surface area contributed by atoms with Gasteiger partial charge in [-0.1, -0.05) is 24.3 Å². The molecule has 0 saturated heterocycles. The van der Waals surface area contributed by atoms with E-state index in [9.17, 15) is 0 Å². The van der Waals surface area contributed by atoms with Crippen LogP contribution in [0.4, 0.5) is 0 Å². The minimum absolute atomic E-state index is 0.295. The molecule has 1 atom stereocenters. The molecule has 0 bridgehead atoms. The zero-order valence-electron chi connectivity index (χ0n) is 8.73. The molecule has 0 aliphatic carbocycles. The van der Waals surface area contributed by atoms with Crippen molar-refractivity contribution in [1.82, 2.24) is 14.9 Å². The molecule has 0 fully saturated rings. The maximum Gasteiger partial charge on any atom is 0.183 e. The molecule has 15 heavy (non-hydrogen) atoms. The quantitative estimate of drug-likeness (QED) is 0.706. The predicted octanol–water partition coefficient (Wildman–Crippen LogP) is 1.87. The van der Waals surface area contributed by atoms with E-state index in [0.717, 1.165) is 11.6 Å². The van der Waals surface area contributed by atoms with Gasteiger partial charge in [0.15, 0.2) is 5.82 Å². The van der Waals surface area contributed by atoms with Gasteiger partial charge in [0.05, 0.1) is 6.04 Å². The molecule has 2 heterocycles. The van der Waals surface area contributed by atoms with Crippen molar-refractivity contribution in [3.63, 3.8) is 0 Å². The van der Waals surface area contributed by atoms with Crippen molar-refractivity contribution in [1.29, 1.82) is 0 Å². The normalized spacial score (nSPS) is 17.9. The first-order valence-electron chi connectivity index (χ1n) is 5.05. The Morgan fingerprint density at radius 2 is 2.07 bits per heavy atom. The van der Waals surface area contributed by atoms with Gasteiger partial charge in [-0.25, -0.2) is 4.68 Å². The van der Waals surface area contributed by atoms with Gasteiger partial charge in [-0.15, -0.1) is 10.2 Å². The minimum Gasteiger partial charge on any atom is -0.315 e. The molecule has 1 aromatic heterocycles. The lowest BCUT2D eigenvalue weighted by Gasteiger charge is -2.25. The molecule has 0 amide bonds. The summed E-state index contributed by atoms with van der Waals surface area (Å²) in [6, 6.07) is 8.59. The lowest BCUT2D eigenvalue weighted by atomic mass is 10.00. The molecule has 1 aliphatic rings. The first-order chi connectivity index (χ1) is 7.27. The number of nitrogens with one attached hydrogen (secondary N) is 1. The third-order valence-electron chi connectivity index (χ3n) is 2.82. The molecule has 1 unspecified atom stereocenters. The van der Waals surface area contributed by atoms with E-state index >= 15 is 0 Å². The Hall–Kier alpha value is -1.84. The minimum atomic E-state index is 0.295. The van der Waals surface area contributed by atoms with Crippen molar-refractivity contribution in [2.45, 2.75) is 19.9 Å². The van der Waals surface area contributed by atoms with Gasteiger partial charge >= 0.3 is 0 Å². The van der Waals surface area contributed by atoms with Crippen LogP contribution in [0.15, 0.2) is 24.3 Å². The molecule has 4 heteroatoms. The topological polar surface area (TPSA) is 42.7 Å². The standard InChI is InChI=1S/C11H12N4/c1-7-9-5-3-4-6-10(9)11-13-12-8(2)15(11)14-7/h3-7,14H,1-2H3. The molecular weight excluding hydrogens is 188 g/mol. The molecule has 4 nitrogen and oxygen atoms in total. The van der Waals surface area contributed by atoms with Gasteiger partial charge in [0.25, 0.3) is 0 Å². The van der Waals surface area contributed by atoms with E-state index in [2.05, 4.69) is 40.7 Å². The third kappa shape index (κ3) is 1.08. The molecular formula is C11H12N4. The van der Waals surface area contributed by atoms with E-state index < -0.39 is 0 Å². The Balaban J connectivity index is 2.30. The van der Waals surface area contributed by atoms with Crippen LogP contribution in [0.5, 0.6) is 0 Å². The van der Waals surface area contributed by atoms with Gasteiger partial charge < -0.3 is 5.43 Å². The maximum atomic E-state index is 4.18. The van der Waals surface area contributed by atoms with Gasteiger partial charge in [0, 0.05) is 5.56 Å². The molecule has 76 valence electrons. The van der Waals surface area contributed by atoms with Gasteiger partial charge in [-0.05, 0) is 19.4 Å². The fourth-order valence-corrected chi connectivity index (χ4v) is 2.03. The maximum absolute atomic E-state index is 4.18. The average Bonchev–Trinajstić information content (AvgIpc) is 2.62. The largest absolute Gasteiger partial charge is 0.315 e. The van der Waals surface area contributed by atoms with E-state index in [1.807, 2.05) is 17.7 Å². The number of nitrogens with zero attached hydrogens (tertiary/aromatic N) is 3. The summed E-state index contributed by atoms with van der Waals surface area (Å²) in [5, 5.41) is 8.26. The fourth-order valence-electron chi connectivity index (χ4n) is 2.03. The van der Waals surface area contributed by atoms with Crippen molar-refractivity contribution in [2.24, 2.45) is 0 Å². The zero-order valence-corrected chi connectivity index (χ0v) is 8.73. The number of benzene rings is 1. The van der Waals surface area contributed by atoms with Crippen molar-refractivity contribution >= 4 is 0 Å². The number of aromatic nitrogens is 3. The molecule has 2 aromatic rings. The summed E-state index contributed by atoms with van der Waals surface area (Å²) in [5.41, 5.74) is 5.80.